The molecule has 0 radical (unpaired) electrons. The molecule has 22 heavy (non-hydrogen) atoms. The molecular weight excluding hydrogens is 274 g/mol. The standard InChI is InChI=1S/C19H15NO2/c21-14-8-5-13(6-9-14)17-11-18(22)19-15-4-2-1-3-12(15)7-10-16(19)20-17/h1-10,17,20-21H,11H2/t17-/m1/s1. The molecule has 0 amide bonds. The lowest BCUT2D eigenvalue weighted by molar-refractivity contribution is 0.0974. The van der Waals surface area contributed by atoms with Crippen LogP contribution in [0.15, 0.2) is 60.7 Å². The Bertz CT molecular complexity index is 868. The molecule has 0 aromatic heterocycles. The number of hydrogen-bond acceptors (Lipinski definition) is 3. The molecule has 0 saturated heterocycles. The van der Waals surface area contributed by atoms with Crippen LogP contribution in [0.1, 0.15) is 28.4 Å². The summed E-state index contributed by atoms with van der Waals surface area (Å²) < 4.78 is 0. The molecule has 0 spiro atoms. The van der Waals surface area contributed by atoms with E-state index in [2.05, 4.69) is 5.32 Å². The number of aromatic hydroxyl groups is 1. The van der Waals surface area contributed by atoms with E-state index in [-0.39, 0.29) is 17.6 Å². The van der Waals surface area contributed by atoms with E-state index in [1.165, 1.54) is 0 Å². The van der Waals surface area contributed by atoms with Crippen molar-refractivity contribution in [1.82, 2.24) is 0 Å². The lowest BCUT2D eigenvalue weighted by atomic mass is 9.89. The molecule has 0 saturated carbocycles. The van der Waals surface area contributed by atoms with Crippen molar-refractivity contribution >= 4 is 22.2 Å². The maximum Gasteiger partial charge on any atom is 0.167 e. The van der Waals surface area contributed by atoms with E-state index in [4.69, 9.17) is 0 Å². The van der Waals surface area contributed by atoms with Gasteiger partial charge < -0.3 is 10.4 Å². The highest BCUT2D eigenvalue weighted by atomic mass is 16.3. The number of carbonyl (C=O) groups is 1. The molecule has 1 atom stereocenters. The number of phenolic OH excluding ortho intramolecular Hbond substituents is 1. The highest BCUT2D eigenvalue weighted by Crippen LogP contribution is 2.36. The van der Waals surface area contributed by atoms with Crippen LogP contribution in [0.3, 0.4) is 0 Å². The third-order valence-corrected chi connectivity index (χ3v) is 4.22. The molecule has 1 aliphatic heterocycles. The highest BCUT2D eigenvalue weighted by Gasteiger charge is 2.27. The van der Waals surface area contributed by atoms with E-state index in [9.17, 15) is 9.90 Å². The van der Waals surface area contributed by atoms with Crippen LogP contribution < -0.4 is 5.32 Å². The number of fused-ring (bicyclic) bond motifs is 3. The minimum absolute atomic E-state index is 0.0539. The van der Waals surface area contributed by atoms with Crippen LogP contribution in [0.25, 0.3) is 10.8 Å². The van der Waals surface area contributed by atoms with Gasteiger partial charge in [-0.15, -0.1) is 0 Å². The van der Waals surface area contributed by atoms with Gasteiger partial charge in [0.25, 0.3) is 0 Å². The van der Waals surface area contributed by atoms with Crippen LogP contribution in [0.4, 0.5) is 5.69 Å². The van der Waals surface area contributed by atoms with Gasteiger partial charge in [-0.05, 0) is 34.5 Å². The van der Waals surface area contributed by atoms with Crippen molar-refractivity contribution in [2.24, 2.45) is 0 Å². The molecule has 3 aromatic carbocycles. The number of benzene rings is 3. The smallest absolute Gasteiger partial charge is 0.167 e. The number of phenols is 1. The topological polar surface area (TPSA) is 49.3 Å². The summed E-state index contributed by atoms with van der Waals surface area (Å²) in [4.78, 5) is 12.7. The fraction of sp³-hybridized carbons (Fsp3) is 0.105. The zero-order valence-corrected chi connectivity index (χ0v) is 11.9. The van der Waals surface area contributed by atoms with Crippen LogP contribution in [-0.2, 0) is 0 Å². The van der Waals surface area contributed by atoms with Gasteiger partial charge in [-0.25, -0.2) is 0 Å². The van der Waals surface area contributed by atoms with Crippen LogP contribution in [0.2, 0.25) is 0 Å². The van der Waals surface area contributed by atoms with Gasteiger partial charge in [0.2, 0.25) is 0 Å². The van der Waals surface area contributed by atoms with Gasteiger partial charge >= 0.3 is 0 Å². The molecular formula is C19H15NO2. The van der Waals surface area contributed by atoms with E-state index < -0.39 is 0 Å². The molecule has 108 valence electrons. The Balaban J connectivity index is 1.79. The first-order valence-electron chi connectivity index (χ1n) is 7.33. The summed E-state index contributed by atoms with van der Waals surface area (Å²) in [6.45, 7) is 0. The average molecular weight is 289 g/mol. The Morgan fingerprint density at radius 3 is 2.55 bits per heavy atom. The number of carbonyl (C=O) groups excluding carboxylic acids is 1. The van der Waals surface area contributed by atoms with Gasteiger partial charge in [-0.1, -0.05) is 42.5 Å². The summed E-state index contributed by atoms with van der Waals surface area (Å²) in [6, 6.07) is 18.9. The van der Waals surface area contributed by atoms with E-state index >= 15 is 0 Å². The van der Waals surface area contributed by atoms with Crippen molar-refractivity contribution < 1.29 is 9.90 Å². The first-order valence-corrected chi connectivity index (χ1v) is 7.33. The van der Waals surface area contributed by atoms with Crippen LogP contribution in [0.5, 0.6) is 5.75 Å². The summed E-state index contributed by atoms with van der Waals surface area (Å²) in [5, 5.41) is 14.9. The molecule has 4 rings (SSSR count). The molecule has 3 nitrogen and oxygen atoms in total. The lowest BCUT2D eigenvalue weighted by Gasteiger charge is -2.27. The van der Waals surface area contributed by atoms with Crippen LogP contribution in [0, 0.1) is 0 Å². The van der Waals surface area contributed by atoms with E-state index in [1.807, 2.05) is 48.5 Å². The predicted molar refractivity (Wildman–Crippen MR) is 87.4 cm³/mol. The van der Waals surface area contributed by atoms with Gasteiger partial charge in [-0.2, -0.15) is 0 Å². The van der Waals surface area contributed by atoms with Crippen molar-refractivity contribution in [2.45, 2.75) is 12.5 Å². The number of Topliss-reactive ketones (excluding diaryl/α,β-unsaturated/α-hetero) is 1. The number of nitrogens with one attached hydrogen (secondary N) is 1. The fourth-order valence-electron chi connectivity index (χ4n) is 3.13. The Kier molecular flexibility index (Phi) is 2.86. The van der Waals surface area contributed by atoms with Gasteiger partial charge in [0.15, 0.2) is 5.78 Å². The average Bonchev–Trinajstić information content (AvgIpc) is 2.55. The largest absolute Gasteiger partial charge is 0.508 e. The number of hydrogen-bond donors (Lipinski definition) is 2. The van der Waals surface area contributed by atoms with E-state index in [0.717, 1.165) is 27.6 Å². The van der Waals surface area contributed by atoms with Crippen molar-refractivity contribution in [3.8, 4) is 5.75 Å². The second-order valence-corrected chi connectivity index (χ2v) is 5.63. The Morgan fingerprint density at radius 2 is 1.73 bits per heavy atom. The zero-order chi connectivity index (χ0) is 15.1. The van der Waals surface area contributed by atoms with Crippen LogP contribution in [-0.4, -0.2) is 10.9 Å². The molecule has 0 bridgehead atoms. The van der Waals surface area contributed by atoms with Gasteiger partial charge in [-0.3, -0.25) is 4.79 Å². The van der Waals surface area contributed by atoms with Crippen LogP contribution >= 0.6 is 0 Å². The Morgan fingerprint density at radius 1 is 0.955 bits per heavy atom. The highest BCUT2D eigenvalue weighted by molar-refractivity contribution is 6.14. The van der Waals surface area contributed by atoms with Crippen molar-refractivity contribution in [2.75, 3.05) is 5.32 Å². The monoisotopic (exact) mass is 289 g/mol. The normalized spacial score (nSPS) is 17.1. The number of anilines is 1. The second kappa shape index (κ2) is 4.88. The van der Waals surface area contributed by atoms with Crippen molar-refractivity contribution in [1.29, 1.82) is 0 Å². The minimum atomic E-state index is -0.0539. The van der Waals surface area contributed by atoms with Crippen molar-refractivity contribution in [3.05, 3.63) is 71.8 Å². The zero-order valence-electron chi connectivity index (χ0n) is 11.9. The summed E-state index contributed by atoms with van der Waals surface area (Å²) in [5.41, 5.74) is 2.67. The maximum absolute atomic E-state index is 12.7. The maximum atomic E-state index is 12.7. The predicted octanol–water partition coefficient (Wildman–Crippen LogP) is 4.29. The number of ketones is 1. The molecule has 2 N–H and O–H groups in total. The summed E-state index contributed by atoms with van der Waals surface area (Å²) >= 11 is 0. The lowest BCUT2D eigenvalue weighted by Crippen LogP contribution is -2.23. The molecule has 0 fully saturated rings. The van der Waals surface area contributed by atoms with Gasteiger partial charge in [0.1, 0.15) is 5.75 Å². The molecule has 0 unspecified atom stereocenters. The second-order valence-electron chi connectivity index (χ2n) is 5.63. The number of rotatable bonds is 1. The van der Waals surface area contributed by atoms with Crippen molar-refractivity contribution in [3.63, 3.8) is 0 Å². The first kappa shape index (κ1) is 12.9. The molecule has 3 heteroatoms. The SMILES string of the molecule is O=C1C[C@H](c2ccc(O)cc2)Nc2ccc3ccccc3c21. The Hall–Kier alpha value is -2.81. The minimum Gasteiger partial charge on any atom is -0.508 e. The first-order chi connectivity index (χ1) is 10.7. The van der Waals surface area contributed by atoms with Gasteiger partial charge in [0.05, 0.1) is 6.04 Å². The fourth-order valence-corrected chi connectivity index (χ4v) is 3.13. The molecule has 1 heterocycles. The van der Waals surface area contributed by atoms with Gasteiger partial charge in [0, 0.05) is 17.7 Å². The summed E-state index contributed by atoms with van der Waals surface area (Å²) in [7, 11) is 0. The molecule has 0 aliphatic carbocycles. The summed E-state index contributed by atoms with van der Waals surface area (Å²) in [5.74, 6) is 0.390. The van der Waals surface area contributed by atoms with E-state index in [0.29, 0.717) is 6.42 Å². The Labute approximate surface area is 128 Å². The molecule has 3 aromatic rings. The summed E-state index contributed by atoms with van der Waals surface area (Å²) in [6.07, 6.45) is 0.422. The van der Waals surface area contributed by atoms with E-state index in [1.54, 1.807) is 12.1 Å². The third kappa shape index (κ3) is 2.02. The molecule has 1 aliphatic rings. The third-order valence-electron chi connectivity index (χ3n) is 4.22. The quantitative estimate of drug-likeness (QED) is 0.702.